The molecule has 31 heavy (non-hydrogen) atoms. The number of hydrogen-bond acceptors (Lipinski definition) is 5. The summed E-state index contributed by atoms with van der Waals surface area (Å²) in [6.07, 6.45) is 3.02. The highest BCUT2D eigenvalue weighted by atomic mass is 32.1. The lowest BCUT2D eigenvalue weighted by Gasteiger charge is -2.27. The van der Waals surface area contributed by atoms with Gasteiger partial charge in [0.1, 0.15) is 5.01 Å². The summed E-state index contributed by atoms with van der Waals surface area (Å²) in [4.78, 5) is 28.4. The Hall–Kier alpha value is -3.58. The average Bonchev–Trinajstić information content (AvgIpc) is 3.23. The third-order valence-electron chi connectivity index (χ3n) is 5.53. The second kappa shape index (κ2) is 7.92. The lowest BCUT2D eigenvalue weighted by molar-refractivity contribution is -0.535. The van der Waals surface area contributed by atoms with Crippen LogP contribution in [0, 0.1) is 24.0 Å². The molecular weight excluding hydrogens is 412 g/mol. The van der Waals surface area contributed by atoms with Gasteiger partial charge < -0.3 is 5.11 Å². The summed E-state index contributed by atoms with van der Waals surface area (Å²) >= 11 is 1.36. The topological polar surface area (TPSA) is 93.3 Å². The lowest BCUT2D eigenvalue weighted by Crippen LogP contribution is -2.48. The number of aryl methyl sites for hydroxylation is 2. The van der Waals surface area contributed by atoms with Gasteiger partial charge in [-0.2, -0.15) is 0 Å². The number of thiazole rings is 1. The average molecular weight is 433 g/mol. The molecule has 0 radical (unpaired) electrons. The molecular formula is C24H20N2O4S. The second-order valence-electron chi connectivity index (χ2n) is 7.59. The van der Waals surface area contributed by atoms with Crippen molar-refractivity contribution in [2.75, 3.05) is 0 Å². The van der Waals surface area contributed by atoms with Crippen LogP contribution in [0.1, 0.15) is 28.1 Å². The smallest absolute Gasteiger partial charge is 0.387 e. The quantitative estimate of drug-likeness (QED) is 0.430. The van der Waals surface area contributed by atoms with E-state index in [1.807, 2.05) is 31.4 Å². The maximum atomic E-state index is 12.3. The third-order valence-corrected chi connectivity index (χ3v) is 6.45. The molecule has 1 N–H and O–H groups in total. The van der Waals surface area contributed by atoms with Crippen LogP contribution in [0.2, 0.25) is 0 Å². The van der Waals surface area contributed by atoms with Crippen molar-refractivity contribution in [3.05, 3.63) is 97.9 Å². The number of hydrogen-bond donors (Lipinski definition) is 1. The first-order valence-electron chi connectivity index (χ1n) is 9.71. The Bertz CT molecular complexity index is 1230. The molecule has 4 rings (SSSR count). The number of aliphatic carboxylic acids is 1. The van der Waals surface area contributed by atoms with Crippen LogP contribution in [0.5, 0.6) is 0 Å². The Kier molecular flexibility index (Phi) is 5.29. The van der Waals surface area contributed by atoms with E-state index < -0.39 is 16.4 Å². The Morgan fingerprint density at radius 1 is 1.16 bits per heavy atom. The van der Waals surface area contributed by atoms with Crippen molar-refractivity contribution in [3.63, 3.8) is 0 Å². The number of carboxylic acid groups (broad SMARTS) is 1. The Balaban J connectivity index is 1.80. The van der Waals surface area contributed by atoms with Gasteiger partial charge in [0.15, 0.2) is 0 Å². The summed E-state index contributed by atoms with van der Waals surface area (Å²) in [6, 6.07) is 14.7. The van der Waals surface area contributed by atoms with E-state index in [-0.39, 0.29) is 12.0 Å². The van der Waals surface area contributed by atoms with Crippen molar-refractivity contribution >= 4 is 28.5 Å². The van der Waals surface area contributed by atoms with Gasteiger partial charge in [-0.15, -0.1) is 11.3 Å². The lowest BCUT2D eigenvalue weighted by atomic mass is 9.77. The maximum absolute atomic E-state index is 12.3. The predicted molar refractivity (Wildman–Crippen MR) is 121 cm³/mol. The van der Waals surface area contributed by atoms with Crippen molar-refractivity contribution in [1.29, 1.82) is 0 Å². The van der Waals surface area contributed by atoms with E-state index in [1.165, 1.54) is 11.3 Å². The van der Waals surface area contributed by atoms with Crippen LogP contribution in [0.4, 0.5) is 0 Å². The zero-order valence-electron chi connectivity index (χ0n) is 17.0. The summed E-state index contributed by atoms with van der Waals surface area (Å²) in [5, 5.41) is 24.6. The van der Waals surface area contributed by atoms with E-state index in [9.17, 15) is 20.0 Å². The highest BCUT2D eigenvalue weighted by Gasteiger charge is 2.57. The standard InChI is InChI=1S/C24H20N2O4S/c1-15-8-10-19(16(2)12-15)21-14-31-22(25-21)18-9-11-20(17-6-4-3-5-7-17)24(13-18,23(27)28)26(29)30/h3-12,14H,13H2,1-2H3,(H,27,28). The van der Waals surface area contributed by atoms with Gasteiger partial charge in [0.25, 0.3) is 0 Å². The van der Waals surface area contributed by atoms with Gasteiger partial charge in [-0.3, -0.25) is 10.1 Å². The molecule has 2 aromatic carbocycles. The molecule has 0 fully saturated rings. The Labute approximate surface area is 183 Å². The minimum Gasteiger partial charge on any atom is -0.476 e. The SMILES string of the molecule is Cc1ccc(-c2csc(C3=CC=C(c4ccccc4)C(C(=O)O)([N+](=O)[O-])C3)n2)c(C)c1. The maximum Gasteiger partial charge on any atom is 0.387 e. The molecule has 1 heterocycles. The minimum absolute atomic E-state index is 0.167. The molecule has 1 aromatic heterocycles. The predicted octanol–water partition coefficient (Wildman–Crippen LogP) is 5.40. The van der Waals surface area contributed by atoms with Crippen LogP contribution < -0.4 is 0 Å². The second-order valence-corrected chi connectivity index (χ2v) is 8.45. The summed E-state index contributed by atoms with van der Waals surface area (Å²) in [5.74, 6) is -1.48. The summed E-state index contributed by atoms with van der Waals surface area (Å²) in [6.45, 7) is 4.04. The number of allylic oxidation sites excluding steroid dienone is 2. The normalized spacial score (nSPS) is 18.3. The molecule has 3 aromatic rings. The molecule has 1 atom stereocenters. The molecule has 0 aliphatic heterocycles. The zero-order chi connectivity index (χ0) is 22.2. The van der Waals surface area contributed by atoms with E-state index in [0.29, 0.717) is 16.1 Å². The molecule has 0 bridgehead atoms. The monoisotopic (exact) mass is 432 g/mol. The van der Waals surface area contributed by atoms with Crippen molar-refractivity contribution in [1.82, 2.24) is 4.98 Å². The Morgan fingerprint density at radius 3 is 2.55 bits per heavy atom. The Morgan fingerprint density at radius 2 is 1.90 bits per heavy atom. The molecule has 0 amide bonds. The highest BCUT2D eigenvalue weighted by molar-refractivity contribution is 7.11. The van der Waals surface area contributed by atoms with Crippen molar-refractivity contribution in [2.24, 2.45) is 0 Å². The molecule has 0 saturated heterocycles. The summed E-state index contributed by atoms with van der Waals surface area (Å²) in [5.41, 5.74) is 2.97. The van der Waals surface area contributed by atoms with Crippen LogP contribution in [0.15, 0.2) is 66.1 Å². The molecule has 0 spiro atoms. The molecule has 1 unspecified atom stereocenters. The van der Waals surface area contributed by atoms with Crippen molar-refractivity contribution in [2.45, 2.75) is 25.8 Å². The minimum atomic E-state index is -2.27. The molecule has 7 heteroatoms. The number of nitrogens with zero attached hydrogens (tertiary/aromatic N) is 2. The van der Waals surface area contributed by atoms with Gasteiger partial charge in [0.05, 0.1) is 12.1 Å². The fourth-order valence-electron chi connectivity index (χ4n) is 3.93. The first kappa shape index (κ1) is 20.7. The van der Waals surface area contributed by atoms with E-state index in [2.05, 4.69) is 11.1 Å². The van der Waals surface area contributed by atoms with E-state index in [1.54, 1.807) is 42.5 Å². The molecule has 1 aliphatic rings. The first-order valence-corrected chi connectivity index (χ1v) is 10.6. The number of benzene rings is 2. The largest absolute Gasteiger partial charge is 0.476 e. The van der Waals surface area contributed by atoms with E-state index >= 15 is 0 Å². The number of carboxylic acids is 1. The zero-order valence-corrected chi connectivity index (χ0v) is 17.8. The van der Waals surface area contributed by atoms with E-state index in [4.69, 9.17) is 0 Å². The fraction of sp³-hybridized carbons (Fsp3) is 0.167. The molecule has 1 aliphatic carbocycles. The van der Waals surface area contributed by atoms with Gasteiger partial charge >= 0.3 is 11.5 Å². The van der Waals surface area contributed by atoms with Crippen LogP contribution in [0.3, 0.4) is 0 Å². The van der Waals surface area contributed by atoms with Crippen LogP contribution in [-0.2, 0) is 4.79 Å². The van der Waals surface area contributed by atoms with Gasteiger partial charge in [-0.1, -0.05) is 66.2 Å². The molecule has 0 saturated carbocycles. The number of aromatic nitrogens is 1. The fourth-order valence-corrected chi connectivity index (χ4v) is 4.77. The molecule has 6 nitrogen and oxygen atoms in total. The number of rotatable bonds is 5. The van der Waals surface area contributed by atoms with Gasteiger partial charge in [-0.25, -0.2) is 9.78 Å². The van der Waals surface area contributed by atoms with Gasteiger partial charge in [0.2, 0.25) is 0 Å². The third kappa shape index (κ3) is 3.57. The van der Waals surface area contributed by atoms with Crippen LogP contribution >= 0.6 is 11.3 Å². The van der Waals surface area contributed by atoms with E-state index in [0.717, 1.165) is 22.4 Å². The highest BCUT2D eigenvalue weighted by Crippen LogP contribution is 2.43. The van der Waals surface area contributed by atoms with Crippen molar-refractivity contribution < 1.29 is 14.8 Å². The van der Waals surface area contributed by atoms with Crippen LogP contribution in [-0.4, -0.2) is 26.5 Å². The van der Waals surface area contributed by atoms with Gasteiger partial charge in [0, 0.05) is 21.4 Å². The summed E-state index contributed by atoms with van der Waals surface area (Å²) in [7, 11) is 0. The van der Waals surface area contributed by atoms with Gasteiger partial charge in [-0.05, 0) is 30.5 Å². The van der Waals surface area contributed by atoms with Crippen molar-refractivity contribution in [3.8, 4) is 11.3 Å². The number of nitro groups is 1. The number of carbonyl (C=O) groups is 1. The summed E-state index contributed by atoms with van der Waals surface area (Å²) < 4.78 is 0. The first-order chi connectivity index (χ1) is 14.8. The van der Waals surface area contributed by atoms with Crippen LogP contribution in [0.25, 0.3) is 22.4 Å². The molecule has 156 valence electrons.